The monoisotopic (exact) mass is 234 g/mol. The first-order valence-electron chi connectivity index (χ1n) is 5.72. The predicted octanol–water partition coefficient (Wildman–Crippen LogP) is 0.886. The van der Waals surface area contributed by atoms with Gasteiger partial charge >= 0.3 is 0 Å². The number of hydrogen-bond acceptors (Lipinski definition) is 3. The highest BCUT2D eigenvalue weighted by molar-refractivity contribution is 5.85. The molecule has 2 N–H and O–H groups in total. The number of hydrogen-bond donors (Lipinski definition) is 2. The van der Waals surface area contributed by atoms with E-state index in [2.05, 4.69) is 5.32 Å². The van der Waals surface area contributed by atoms with Gasteiger partial charge in [0.15, 0.2) is 0 Å². The van der Waals surface area contributed by atoms with E-state index in [1.807, 2.05) is 44.2 Å². The van der Waals surface area contributed by atoms with Gasteiger partial charge in [0.05, 0.1) is 5.66 Å². The van der Waals surface area contributed by atoms with Gasteiger partial charge in [0.2, 0.25) is 5.91 Å². The summed E-state index contributed by atoms with van der Waals surface area (Å²) in [4.78, 5) is 13.7. The molecule has 1 aromatic carbocycles. The van der Waals surface area contributed by atoms with Gasteiger partial charge in [-0.2, -0.15) is 0 Å². The van der Waals surface area contributed by atoms with Crippen molar-refractivity contribution < 1.29 is 9.90 Å². The maximum atomic E-state index is 12.0. The molecule has 0 bridgehead atoms. The van der Waals surface area contributed by atoms with Gasteiger partial charge in [0.25, 0.3) is 0 Å². The molecule has 1 amide bonds. The van der Waals surface area contributed by atoms with Gasteiger partial charge in [-0.25, -0.2) is 0 Å². The number of rotatable bonds is 2. The van der Waals surface area contributed by atoms with Crippen LogP contribution in [0.15, 0.2) is 30.3 Å². The summed E-state index contributed by atoms with van der Waals surface area (Å²) in [5, 5.41) is 13.4. The SMILES string of the molecule is CN1C(=O)[C@H]([C@H](O)c2ccccc2)NC1(C)C. The van der Waals surface area contributed by atoms with Crippen LogP contribution in [0.5, 0.6) is 0 Å². The largest absolute Gasteiger partial charge is 0.386 e. The number of aliphatic hydroxyl groups excluding tert-OH is 1. The van der Waals surface area contributed by atoms with E-state index in [0.29, 0.717) is 0 Å². The number of likely N-dealkylation sites (N-methyl/N-ethyl adjacent to an activating group) is 1. The number of benzene rings is 1. The maximum absolute atomic E-state index is 12.0. The lowest BCUT2D eigenvalue weighted by Gasteiger charge is -2.27. The van der Waals surface area contributed by atoms with Gasteiger partial charge in [-0.3, -0.25) is 10.1 Å². The van der Waals surface area contributed by atoms with Crippen molar-refractivity contribution in [1.29, 1.82) is 0 Å². The highest BCUT2D eigenvalue weighted by Crippen LogP contribution is 2.27. The highest BCUT2D eigenvalue weighted by atomic mass is 16.3. The van der Waals surface area contributed by atoms with Gasteiger partial charge in [-0.1, -0.05) is 30.3 Å². The lowest BCUT2D eigenvalue weighted by atomic mass is 10.0. The second-order valence-electron chi connectivity index (χ2n) is 4.93. The molecule has 1 fully saturated rings. The minimum Gasteiger partial charge on any atom is -0.386 e. The molecular weight excluding hydrogens is 216 g/mol. The predicted molar refractivity (Wildman–Crippen MR) is 65.2 cm³/mol. The van der Waals surface area contributed by atoms with E-state index >= 15 is 0 Å². The Hall–Kier alpha value is -1.39. The van der Waals surface area contributed by atoms with Crippen LogP contribution >= 0.6 is 0 Å². The molecule has 2 rings (SSSR count). The van der Waals surface area contributed by atoms with Gasteiger partial charge in [-0.15, -0.1) is 0 Å². The van der Waals surface area contributed by atoms with Crippen molar-refractivity contribution in [3.8, 4) is 0 Å². The van der Waals surface area contributed by atoms with Crippen molar-refractivity contribution in [3.05, 3.63) is 35.9 Å². The molecule has 4 nitrogen and oxygen atoms in total. The molecule has 17 heavy (non-hydrogen) atoms. The Morgan fingerprint density at radius 3 is 2.41 bits per heavy atom. The average Bonchev–Trinajstić information content (AvgIpc) is 2.53. The first kappa shape index (κ1) is 12.1. The molecule has 0 aliphatic carbocycles. The van der Waals surface area contributed by atoms with Crippen LogP contribution in [0.1, 0.15) is 25.5 Å². The van der Waals surface area contributed by atoms with Gasteiger partial charge in [-0.05, 0) is 19.4 Å². The molecule has 0 unspecified atom stereocenters. The molecule has 0 radical (unpaired) electrons. The Balaban J connectivity index is 2.23. The van der Waals surface area contributed by atoms with E-state index in [-0.39, 0.29) is 5.91 Å². The van der Waals surface area contributed by atoms with Crippen molar-refractivity contribution in [2.45, 2.75) is 31.7 Å². The van der Waals surface area contributed by atoms with Crippen molar-refractivity contribution in [2.75, 3.05) is 7.05 Å². The lowest BCUT2D eigenvalue weighted by Crippen LogP contribution is -2.45. The van der Waals surface area contributed by atoms with Gasteiger partial charge in [0, 0.05) is 7.05 Å². The Morgan fingerprint density at radius 1 is 1.35 bits per heavy atom. The molecule has 0 saturated carbocycles. The van der Waals surface area contributed by atoms with E-state index in [1.165, 1.54) is 0 Å². The van der Waals surface area contributed by atoms with Crippen LogP contribution in [-0.2, 0) is 4.79 Å². The number of aliphatic hydroxyl groups is 1. The van der Waals surface area contributed by atoms with Crippen LogP contribution in [0.3, 0.4) is 0 Å². The van der Waals surface area contributed by atoms with Crippen LogP contribution in [0.2, 0.25) is 0 Å². The van der Waals surface area contributed by atoms with E-state index in [4.69, 9.17) is 0 Å². The number of nitrogens with one attached hydrogen (secondary N) is 1. The Kier molecular flexibility index (Phi) is 2.93. The quantitative estimate of drug-likeness (QED) is 0.799. The number of amides is 1. The summed E-state index contributed by atoms with van der Waals surface area (Å²) in [7, 11) is 1.74. The first-order valence-corrected chi connectivity index (χ1v) is 5.72. The van der Waals surface area contributed by atoms with Crippen molar-refractivity contribution >= 4 is 5.91 Å². The normalized spacial score (nSPS) is 25.1. The van der Waals surface area contributed by atoms with Crippen molar-refractivity contribution in [2.24, 2.45) is 0 Å². The molecule has 1 aliphatic rings. The summed E-state index contributed by atoms with van der Waals surface area (Å²) >= 11 is 0. The summed E-state index contributed by atoms with van der Waals surface area (Å²) in [5.74, 6) is -0.0775. The van der Waals surface area contributed by atoms with Crippen LogP contribution in [-0.4, -0.2) is 34.7 Å². The van der Waals surface area contributed by atoms with Gasteiger partial charge < -0.3 is 10.0 Å². The zero-order chi connectivity index (χ0) is 12.6. The Morgan fingerprint density at radius 2 is 1.94 bits per heavy atom. The summed E-state index contributed by atoms with van der Waals surface area (Å²) < 4.78 is 0. The number of carbonyl (C=O) groups is 1. The molecular formula is C13H18N2O2. The van der Waals surface area contributed by atoms with E-state index in [0.717, 1.165) is 5.56 Å². The molecule has 1 heterocycles. The smallest absolute Gasteiger partial charge is 0.244 e. The lowest BCUT2D eigenvalue weighted by molar-refractivity contribution is -0.131. The summed E-state index contributed by atoms with van der Waals surface area (Å²) in [5.41, 5.74) is 0.335. The average molecular weight is 234 g/mol. The van der Waals surface area contributed by atoms with Crippen LogP contribution in [0, 0.1) is 0 Å². The third kappa shape index (κ3) is 2.06. The topological polar surface area (TPSA) is 52.6 Å². The second-order valence-corrected chi connectivity index (χ2v) is 4.93. The fourth-order valence-electron chi connectivity index (χ4n) is 2.08. The Labute approximate surface area is 101 Å². The van der Waals surface area contributed by atoms with Crippen LogP contribution in [0.25, 0.3) is 0 Å². The summed E-state index contributed by atoms with van der Waals surface area (Å²) in [6.07, 6.45) is -0.812. The zero-order valence-corrected chi connectivity index (χ0v) is 10.3. The molecule has 0 aromatic heterocycles. The fourth-order valence-corrected chi connectivity index (χ4v) is 2.08. The summed E-state index contributed by atoms with van der Waals surface area (Å²) in [6.45, 7) is 3.84. The third-order valence-corrected chi connectivity index (χ3v) is 3.40. The van der Waals surface area contributed by atoms with E-state index in [9.17, 15) is 9.90 Å². The third-order valence-electron chi connectivity index (χ3n) is 3.40. The molecule has 1 aromatic rings. The van der Waals surface area contributed by atoms with Crippen molar-refractivity contribution in [3.63, 3.8) is 0 Å². The fraction of sp³-hybridized carbons (Fsp3) is 0.462. The van der Waals surface area contributed by atoms with E-state index in [1.54, 1.807) is 11.9 Å². The first-order chi connectivity index (χ1) is 7.93. The van der Waals surface area contributed by atoms with Crippen LogP contribution in [0.4, 0.5) is 0 Å². The number of nitrogens with zero attached hydrogens (tertiary/aromatic N) is 1. The molecule has 0 spiro atoms. The highest BCUT2D eigenvalue weighted by Gasteiger charge is 2.45. The van der Waals surface area contributed by atoms with Gasteiger partial charge in [0.1, 0.15) is 12.1 Å². The molecule has 4 heteroatoms. The molecule has 1 saturated heterocycles. The molecule has 2 atom stereocenters. The second kappa shape index (κ2) is 4.13. The Bertz CT molecular complexity index is 417. The standard InChI is InChI=1S/C13H18N2O2/c1-13(2)14-10(12(17)15(13)3)11(16)9-7-5-4-6-8-9/h4-8,10-11,14,16H,1-3H3/t10-,11+/m0/s1. The van der Waals surface area contributed by atoms with Crippen molar-refractivity contribution in [1.82, 2.24) is 10.2 Å². The minimum absolute atomic E-state index is 0.0775. The maximum Gasteiger partial charge on any atom is 0.244 e. The molecule has 1 aliphatic heterocycles. The number of carbonyl (C=O) groups excluding carboxylic acids is 1. The molecule has 92 valence electrons. The zero-order valence-electron chi connectivity index (χ0n) is 10.3. The van der Waals surface area contributed by atoms with Crippen LogP contribution < -0.4 is 5.32 Å². The minimum atomic E-state index is -0.812. The summed E-state index contributed by atoms with van der Waals surface area (Å²) in [6, 6.07) is 8.67. The van der Waals surface area contributed by atoms with E-state index < -0.39 is 17.8 Å².